The molecule has 3 aromatic rings. The second-order valence-electron chi connectivity index (χ2n) is 3.95. The van der Waals surface area contributed by atoms with E-state index in [1.54, 1.807) is 6.20 Å². The van der Waals surface area contributed by atoms with E-state index in [0.717, 1.165) is 11.3 Å². The number of aromatic nitrogens is 4. The second kappa shape index (κ2) is 4.47. The Kier molecular flexibility index (Phi) is 2.79. The van der Waals surface area contributed by atoms with E-state index in [-0.39, 0.29) is 5.82 Å². The van der Waals surface area contributed by atoms with Crippen LogP contribution in [0.2, 0.25) is 0 Å². The van der Waals surface area contributed by atoms with E-state index in [9.17, 15) is 10.1 Å². The van der Waals surface area contributed by atoms with Crippen molar-refractivity contribution in [2.75, 3.05) is 0 Å². The predicted octanol–water partition coefficient (Wildman–Crippen LogP) is 2.25. The van der Waals surface area contributed by atoms with Crippen LogP contribution in [0.5, 0.6) is 0 Å². The minimum absolute atomic E-state index is 0.191. The van der Waals surface area contributed by atoms with Gasteiger partial charge < -0.3 is 14.5 Å². The van der Waals surface area contributed by atoms with Crippen LogP contribution in [0.4, 0.5) is 5.82 Å². The molecule has 0 atom stereocenters. The SMILES string of the molecule is O=[N+]([O-])c1nn(Cc2cn3ccccc3n2)cc1Br. The molecule has 0 radical (unpaired) electrons. The van der Waals surface area contributed by atoms with Gasteiger partial charge in [-0.25, -0.2) is 4.98 Å². The Morgan fingerprint density at radius 3 is 2.89 bits per heavy atom. The molecule has 0 aromatic carbocycles. The second-order valence-corrected chi connectivity index (χ2v) is 4.81. The number of nitro groups is 1. The lowest BCUT2D eigenvalue weighted by Gasteiger charge is -1.90. The summed E-state index contributed by atoms with van der Waals surface area (Å²) in [4.78, 5) is 14.6. The van der Waals surface area contributed by atoms with E-state index in [1.807, 2.05) is 35.0 Å². The summed E-state index contributed by atoms with van der Waals surface area (Å²) in [5, 5.41) is 14.6. The molecule has 19 heavy (non-hydrogen) atoms. The van der Waals surface area contributed by atoms with Crippen molar-refractivity contribution in [3.8, 4) is 0 Å². The Morgan fingerprint density at radius 1 is 1.37 bits per heavy atom. The summed E-state index contributed by atoms with van der Waals surface area (Å²) in [5.74, 6) is -0.191. The van der Waals surface area contributed by atoms with Crippen molar-refractivity contribution in [2.24, 2.45) is 0 Å². The van der Waals surface area contributed by atoms with Crippen molar-refractivity contribution in [3.63, 3.8) is 0 Å². The van der Waals surface area contributed by atoms with Gasteiger partial charge in [0.05, 0.1) is 17.0 Å². The topological polar surface area (TPSA) is 78.3 Å². The molecule has 0 spiro atoms. The van der Waals surface area contributed by atoms with Crippen molar-refractivity contribution >= 4 is 27.4 Å². The summed E-state index contributed by atoms with van der Waals surface area (Å²) in [6.07, 6.45) is 5.34. The number of nitrogens with zero attached hydrogens (tertiary/aromatic N) is 5. The molecule has 0 aliphatic carbocycles. The third-order valence-corrected chi connectivity index (χ3v) is 3.17. The fourth-order valence-corrected chi connectivity index (χ4v) is 2.28. The van der Waals surface area contributed by atoms with Gasteiger partial charge in [-0.2, -0.15) is 4.68 Å². The molecule has 0 N–H and O–H groups in total. The Morgan fingerprint density at radius 2 is 2.21 bits per heavy atom. The number of fused-ring (bicyclic) bond motifs is 1. The predicted molar refractivity (Wildman–Crippen MR) is 70.9 cm³/mol. The number of rotatable bonds is 3. The van der Waals surface area contributed by atoms with E-state index >= 15 is 0 Å². The molecule has 3 aromatic heterocycles. The van der Waals surface area contributed by atoms with E-state index in [1.165, 1.54) is 4.68 Å². The number of halogens is 1. The van der Waals surface area contributed by atoms with E-state index < -0.39 is 4.92 Å². The van der Waals surface area contributed by atoms with E-state index in [2.05, 4.69) is 26.0 Å². The first-order chi connectivity index (χ1) is 9.13. The standard InChI is InChI=1S/C11H8BrN5O2/c12-9-7-16(14-11(9)17(18)19)6-8-5-15-4-2-1-3-10(15)13-8/h1-5,7H,6H2. The largest absolute Gasteiger partial charge is 0.404 e. The third kappa shape index (κ3) is 2.22. The fraction of sp³-hybridized carbons (Fsp3) is 0.0909. The Balaban J connectivity index is 1.92. The Bertz CT molecular complexity index is 730. The average molecular weight is 322 g/mol. The van der Waals surface area contributed by atoms with Crippen molar-refractivity contribution in [2.45, 2.75) is 6.54 Å². The number of imidazole rings is 1. The minimum Gasteiger partial charge on any atom is -0.358 e. The van der Waals surface area contributed by atoms with Gasteiger partial charge in [-0.15, -0.1) is 0 Å². The first-order valence-electron chi connectivity index (χ1n) is 5.43. The van der Waals surface area contributed by atoms with Gasteiger partial charge in [0.2, 0.25) is 0 Å². The molecule has 0 fully saturated rings. The average Bonchev–Trinajstić information content (AvgIpc) is 2.92. The lowest BCUT2D eigenvalue weighted by Crippen LogP contribution is -2.01. The highest BCUT2D eigenvalue weighted by molar-refractivity contribution is 9.10. The van der Waals surface area contributed by atoms with Crippen molar-refractivity contribution in [3.05, 3.63) is 57.1 Å². The summed E-state index contributed by atoms with van der Waals surface area (Å²) in [6.45, 7) is 0.383. The summed E-state index contributed by atoms with van der Waals surface area (Å²) < 4.78 is 3.74. The van der Waals surface area contributed by atoms with Crippen LogP contribution in [0, 0.1) is 10.1 Å². The third-order valence-electron chi connectivity index (χ3n) is 2.61. The van der Waals surface area contributed by atoms with Gasteiger partial charge in [0.15, 0.2) is 0 Å². The monoisotopic (exact) mass is 321 g/mol. The highest BCUT2D eigenvalue weighted by Gasteiger charge is 2.19. The van der Waals surface area contributed by atoms with Gasteiger partial charge in [-0.3, -0.25) is 0 Å². The quantitative estimate of drug-likeness (QED) is 0.547. The van der Waals surface area contributed by atoms with Gasteiger partial charge in [0, 0.05) is 12.4 Å². The van der Waals surface area contributed by atoms with Gasteiger partial charge in [-0.05, 0) is 33.0 Å². The van der Waals surface area contributed by atoms with Crippen LogP contribution in [0.15, 0.2) is 41.3 Å². The van der Waals surface area contributed by atoms with Crippen LogP contribution in [0.1, 0.15) is 5.69 Å². The molecule has 96 valence electrons. The van der Waals surface area contributed by atoms with Gasteiger partial charge in [0.1, 0.15) is 16.7 Å². The highest BCUT2D eigenvalue weighted by Crippen LogP contribution is 2.22. The molecule has 8 heteroatoms. The minimum atomic E-state index is -0.524. The highest BCUT2D eigenvalue weighted by atomic mass is 79.9. The molecular formula is C11H8BrN5O2. The molecule has 3 heterocycles. The molecular weight excluding hydrogens is 314 g/mol. The maximum absolute atomic E-state index is 10.7. The molecule has 0 amide bonds. The van der Waals surface area contributed by atoms with Crippen LogP contribution < -0.4 is 0 Å². The summed E-state index contributed by atoms with van der Waals surface area (Å²) >= 11 is 3.12. The van der Waals surface area contributed by atoms with Gasteiger partial charge in [-0.1, -0.05) is 6.07 Å². The molecule has 0 saturated carbocycles. The Labute approximate surface area is 115 Å². The molecule has 0 bridgehead atoms. The molecule has 0 unspecified atom stereocenters. The van der Waals surface area contributed by atoms with Crippen LogP contribution >= 0.6 is 15.9 Å². The van der Waals surface area contributed by atoms with Crippen LogP contribution in [-0.4, -0.2) is 24.1 Å². The summed E-state index contributed by atoms with van der Waals surface area (Å²) in [5.41, 5.74) is 1.62. The zero-order valence-corrected chi connectivity index (χ0v) is 11.2. The first-order valence-corrected chi connectivity index (χ1v) is 6.23. The smallest absolute Gasteiger partial charge is 0.358 e. The van der Waals surface area contributed by atoms with E-state index in [0.29, 0.717) is 11.0 Å². The lowest BCUT2D eigenvalue weighted by molar-refractivity contribution is -0.390. The van der Waals surface area contributed by atoms with Crippen LogP contribution in [-0.2, 0) is 6.54 Å². The van der Waals surface area contributed by atoms with Crippen molar-refractivity contribution in [1.82, 2.24) is 19.2 Å². The van der Waals surface area contributed by atoms with E-state index in [4.69, 9.17) is 0 Å². The molecule has 0 aliphatic heterocycles. The van der Waals surface area contributed by atoms with Crippen LogP contribution in [0.25, 0.3) is 5.65 Å². The maximum atomic E-state index is 10.7. The zero-order chi connectivity index (χ0) is 13.4. The fourth-order valence-electron chi connectivity index (χ4n) is 1.82. The maximum Gasteiger partial charge on any atom is 0.404 e. The summed E-state index contributed by atoms with van der Waals surface area (Å²) in [6, 6.07) is 5.71. The molecule has 3 rings (SSSR count). The number of hydrogen-bond donors (Lipinski definition) is 0. The summed E-state index contributed by atoms with van der Waals surface area (Å²) in [7, 11) is 0. The number of hydrogen-bond acceptors (Lipinski definition) is 4. The molecule has 7 nitrogen and oxygen atoms in total. The number of pyridine rings is 1. The Hall–Kier alpha value is -2.22. The van der Waals surface area contributed by atoms with Crippen LogP contribution in [0.3, 0.4) is 0 Å². The first kappa shape index (κ1) is 11.8. The lowest BCUT2D eigenvalue weighted by atomic mass is 10.5. The zero-order valence-electron chi connectivity index (χ0n) is 9.60. The molecule has 0 saturated heterocycles. The normalized spacial score (nSPS) is 11.0. The molecule has 0 aliphatic rings. The van der Waals surface area contributed by atoms with Crippen molar-refractivity contribution < 1.29 is 4.92 Å². The van der Waals surface area contributed by atoms with Gasteiger partial charge in [0.25, 0.3) is 0 Å². The van der Waals surface area contributed by atoms with Crippen molar-refractivity contribution in [1.29, 1.82) is 0 Å². The van der Waals surface area contributed by atoms with Gasteiger partial charge >= 0.3 is 5.82 Å².